The number of benzene rings is 1. The molecule has 1 heterocycles. The number of aryl methyl sites for hydroxylation is 2. The summed E-state index contributed by atoms with van der Waals surface area (Å²) in [7, 11) is 0. The smallest absolute Gasteiger partial charge is 0.335 e. The molecule has 0 aliphatic rings. The van der Waals surface area contributed by atoms with Gasteiger partial charge in [0.2, 0.25) is 0 Å². The van der Waals surface area contributed by atoms with Gasteiger partial charge in [0, 0.05) is 24.6 Å². The lowest BCUT2D eigenvalue weighted by molar-refractivity contribution is 0.0696. The molecule has 0 aliphatic carbocycles. The van der Waals surface area contributed by atoms with E-state index in [0.717, 1.165) is 16.8 Å². The number of anilines is 1. The molecule has 0 saturated carbocycles. The molecule has 4 heteroatoms. The molecule has 1 aromatic heterocycles. The van der Waals surface area contributed by atoms with Gasteiger partial charge in [-0.3, -0.25) is 4.98 Å². The number of aromatic carboxylic acids is 1. The van der Waals surface area contributed by atoms with E-state index in [0.29, 0.717) is 12.1 Å². The highest BCUT2D eigenvalue weighted by molar-refractivity contribution is 5.89. The highest BCUT2D eigenvalue weighted by atomic mass is 16.4. The summed E-state index contributed by atoms with van der Waals surface area (Å²) < 4.78 is 0. The molecule has 0 fully saturated rings. The van der Waals surface area contributed by atoms with Crippen LogP contribution in [0.2, 0.25) is 0 Å². The maximum absolute atomic E-state index is 10.9. The van der Waals surface area contributed by atoms with Crippen LogP contribution in [-0.2, 0) is 6.54 Å². The van der Waals surface area contributed by atoms with Crippen molar-refractivity contribution in [1.29, 1.82) is 0 Å². The minimum Gasteiger partial charge on any atom is -0.478 e. The highest BCUT2D eigenvalue weighted by Crippen LogP contribution is 2.16. The molecule has 2 N–H and O–H groups in total. The van der Waals surface area contributed by atoms with Crippen molar-refractivity contribution in [1.82, 2.24) is 4.98 Å². The topological polar surface area (TPSA) is 62.2 Å². The van der Waals surface area contributed by atoms with Crippen LogP contribution in [-0.4, -0.2) is 16.1 Å². The zero-order chi connectivity index (χ0) is 13.8. The fourth-order valence-electron chi connectivity index (χ4n) is 1.89. The van der Waals surface area contributed by atoms with E-state index in [4.69, 9.17) is 5.11 Å². The van der Waals surface area contributed by atoms with E-state index in [9.17, 15) is 4.79 Å². The molecule has 2 aromatic rings. The molecule has 2 rings (SSSR count). The Morgan fingerprint density at radius 3 is 2.68 bits per heavy atom. The van der Waals surface area contributed by atoms with Gasteiger partial charge < -0.3 is 10.4 Å². The minimum absolute atomic E-state index is 0.336. The highest BCUT2D eigenvalue weighted by Gasteiger charge is 2.07. The molecule has 19 heavy (non-hydrogen) atoms. The van der Waals surface area contributed by atoms with E-state index in [1.807, 2.05) is 25.3 Å². The van der Waals surface area contributed by atoms with Crippen molar-refractivity contribution < 1.29 is 9.90 Å². The van der Waals surface area contributed by atoms with Crippen molar-refractivity contribution in [2.45, 2.75) is 20.4 Å². The first-order valence-corrected chi connectivity index (χ1v) is 6.05. The first kappa shape index (κ1) is 13.1. The average Bonchev–Trinajstić information content (AvgIpc) is 2.37. The van der Waals surface area contributed by atoms with Gasteiger partial charge in [0.1, 0.15) is 0 Å². The van der Waals surface area contributed by atoms with Gasteiger partial charge in [0.05, 0.1) is 5.56 Å². The Bertz CT molecular complexity index is 609. The van der Waals surface area contributed by atoms with Crippen LogP contribution in [0.4, 0.5) is 5.69 Å². The van der Waals surface area contributed by atoms with E-state index in [1.54, 1.807) is 25.3 Å². The van der Waals surface area contributed by atoms with Crippen molar-refractivity contribution in [3.63, 3.8) is 0 Å². The number of hydrogen-bond donors (Lipinski definition) is 2. The monoisotopic (exact) mass is 256 g/mol. The van der Waals surface area contributed by atoms with Gasteiger partial charge in [0.25, 0.3) is 0 Å². The molecule has 0 saturated heterocycles. The molecule has 1 aromatic carbocycles. The first-order chi connectivity index (χ1) is 9.08. The van der Waals surface area contributed by atoms with Crippen LogP contribution in [0.25, 0.3) is 0 Å². The lowest BCUT2D eigenvalue weighted by Gasteiger charge is -2.10. The molecule has 0 atom stereocenters. The second kappa shape index (κ2) is 5.52. The van der Waals surface area contributed by atoms with Gasteiger partial charge in [0.15, 0.2) is 0 Å². The molecule has 0 bridgehead atoms. The van der Waals surface area contributed by atoms with E-state index in [1.165, 1.54) is 5.56 Å². The largest absolute Gasteiger partial charge is 0.478 e. The SMILES string of the molecule is Cc1ccncc1CNc1ccc(C(=O)O)c(C)c1. The number of aromatic nitrogens is 1. The minimum atomic E-state index is -0.896. The fraction of sp³-hybridized carbons (Fsp3) is 0.200. The number of carboxylic acid groups (broad SMARTS) is 1. The fourth-order valence-corrected chi connectivity index (χ4v) is 1.89. The van der Waals surface area contributed by atoms with E-state index in [-0.39, 0.29) is 0 Å². The summed E-state index contributed by atoms with van der Waals surface area (Å²) in [6.07, 6.45) is 3.60. The molecule has 0 radical (unpaired) electrons. The standard InChI is InChI=1S/C15H16N2O2/c1-10-5-6-16-8-12(10)9-17-13-3-4-14(15(18)19)11(2)7-13/h3-8,17H,9H2,1-2H3,(H,18,19). The van der Waals surface area contributed by atoms with E-state index in [2.05, 4.69) is 10.3 Å². The number of carboxylic acids is 1. The number of pyridine rings is 1. The van der Waals surface area contributed by atoms with Crippen LogP contribution in [0.3, 0.4) is 0 Å². The summed E-state index contributed by atoms with van der Waals surface area (Å²) in [5, 5.41) is 12.2. The molecule has 4 nitrogen and oxygen atoms in total. The maximum Gasteiger partial charge on any atom is 0.335 e. The predicted molar refractivity (Wildman–Crippen MR) is 74.4 cm³/mol. The van der Waals surface area contributed by atoms with Crippen molar-refractivity contribution >= 4 is 11.7 Å². The lowest BCUT2D eigenvalue weighted by atomic mass is 10.1. The van der Waals surface area contributed by atoms with Crippen molar-refractivity contribution in [3.8, 4) is 0 Å². The summed E-state index contributed by atoms with van der Waals surface area (Å²) in [5.74, 6) is -0.896. The zero-order valence-electron chi connectivity index (χ0n) is 11.0. The van der Waals surface area contributed by atoms with Crippen LogP contribution in [0, 0.1) is 13.8 Å². The Morgan fingerprint density at radius 1 is 1.26 bits per heavy atom. The zero-order valence-corrected chi connectivity index (χ0v) is 11.0. The molecular formula is C15H16N2O2. The number of nitrogens with one attached hydrogen (secondary N) is 1. The molecular weight excluding hydrogens is 240 g/mol. The van der Waals surface area contributed by atoms with Crippen molar-refractivity contribution in [2.75, 3.05) is 5.32 Å². The summed E-state index contributed by atoms with van der Waals surface area (Å²) >= 11 is 0. The molecule has 0 unspecified atom stereocenters. The Balaban J connectivity index is 2.11. The van der Waals surface area contributed by atoms with Gasteiger partial charge in [-0.05, 0) is 54.8 Å². The summed E-state index contributed by atoms with van der Waals surface area (Å²) in [4.78, 5) is 15.0. The Morgan fingerprint density at radius 2 is 2.05 bits per heavy atom. The lowest BCUT2D eigenvalue weighted by Crippen LogP contribution is -2.04. The number of nitrogens with zero attached hydrogens (tertiary/aromatic N) is 1. The van der Waals surface area contributed by atoms with Crippen LogP contribution in [0.1, 0.15) is 27.0 Å². The Labute approximate surface area is 112 Å². The normalized spacial score (nSPS) is 10.2. The average molecular weight is 256 g/mol. The first-order valence-electron chi connectivity index (χ1n) is 6.05. The predicted octanol–water partition coefficient (Wildman–Crippen LogP) is 3.01. The molecule has 0 spiro atoms. The maximum atomic E-state index is 10.9. The third kappa shape index (κ3) is 3.10. The summed E-state index contributed by atoms with van der Waals surface area (Å²) in [6.45, 7) is 4.51. The summed E-state index contributed by atoms with van der Waals surface area (Å²) in [6, 6.07) is 7.21. The Hall–Kier alpha value is -2.36. The van der Waals surface area contributed by atoms with Crippen LogP contribution < -0.4 is 5.32 Å². The van der Waals surface area contributed by atoms with Gasteiger partial charge >= 0.3 is 5.97 Å². The second-order valence-corrected chi connectivity index (χ2v) is 4.49. The van der Waals surface area contributed by atoms with Crippen LogP contribution >= 0.6 is 0 Å². The molecule has 0 aliphatic heterocycles. The van der Waals surface area contributed by atoms with Crippen LogP contribution in [0.5, 0.6) is 0 Å². The number of hydrogen-bond acceptors (Lipinski definition) is 3. The number of rotatable bonds is 4. The van der Waals surface area contributed by atoms with Crippen molar-refractivity contribution in [2.24, 2.45) is 0 Å². The third-order valence-electron chi connectivity index (χ3n) is 3.09. The second-order valence-electron chi connectivity index (χ2n) is 4.49. The molecule has 0 amide bonds. The number of carbonyl (C=O) groups is 1. The quantitative estimate of drug-likeness (QED) is 0.882. The van der Waals surface area contributed by atoms with E-state index >= 15 is 0 Å². The van der Waals surface area contributed by atoms with Crippen molar-refractivity contribution in [3.05, 3.63) is 58.9 Å². The Kier molecular flexibility index (Phi) is 3.80. The van der Waals surface area contributed by atoms with E-state index < -0.39 is 5.97 Å². The molecule has 98 valence electrons. The van der Waals surface area contributed by atoms with Gasteiger partial charge in [-0.1, -0.05) is 0 Å². The van der Waals surface area contributed by atoms with Gasteiger partial charge in [-0.2, -0.15) is 0 Å². The van der Waals surface area contributed by atoms with Gasteiger partial charge in [-0.15, -0.1) is 0 Å². The van der Waals surface area contributed by atoms with Crippen LogP contribution in [0.15, 0.2) is 36.7 Å². The van der Waals surface area contributed by atoms with Gasteiger partial charge in [-0.25, -0.2) is 4.79 Å². The third-order valence-corrected chi connectivity index (χ3v) is 3.09. The summed E-state index contributed by atoms with van der Waals surface area (Å²) in [5.41, 5.74) is 4.30.